The summed E-state index contributed by atoms with van der Waals surface area (Å²) in [5.74, 6) is -1.42. The zero-order valence-electron chi connectivity index (χ0n) is 14.2. The minimum absolute atomic E-state index is 0.0479. The Morgan fingerprint density at radius 3 is 2.08 bits per heavy atom. The molecular weight excluding hydrogens is 302 g/mol. The summed E-state index contributed by atoms with van der Waals surface area (Å²) in [4.78, 5) is 23.6. The SMILES string of the molecule is CC(C)(C)c1ccc(C[C@H](NC(=O)c2ccccc2)C(=O)O)cc1. The van der Waals surface area contributed by atoms with Gasteiger partial charge in [-0.25, -0.2) is 4.79 Å². The highest BCUT2D eigenvalue weighted by Gasteiger charge is 2.21. The number of carbonyl (C=O) groups is 2. The Balaban J connectivity index is 2.09. The zero-order valence-corrected chi connectivity index (χ0v) is 14.2. The van der Waals surface area contributed by atoms with Crippen molar-refractivity contribution in [3.63, 3.8) is 0 Å². The van der Waals surface area contributed by atoms with Gasteiger partial charge in [-0.1, -0.05) is 63.2 Å². The second kappa shape index (κ2) is 7.30. The number of amides is 1. The Bertz CT molecular complexity index is 700. The Morgan fingerprint density at radius 1 is 1.00 bits per heavy atom. The Hall–Kier alpha value is -2.62. The lowest BCUT2D eigenvalue weighted by molar-refractivity contribution is -0.139. The van der Waals surface area contributed by atoms with Gasteiger partial charge in [-0.15, -0.1) is 0 Å². The molecule has 0 aromatic heterocycles. The monoisotopic (exact) mass is 325 g/mol. The smallest absolute Gasteiger partial charge is 0.326 e. The van der Waals surface area contributed by atoms with Crippen LogP contribution in [-0.4, -0.2) is 23.0 Å². The third-order valence-corrected chi connectivity index (χ3v) is 3.90. The van der Waals surface area contributed by atoms with Crippen molar-refractivity contribution in [2.75, 3.05) is 0 Å². The lowest BCUT2D eigenvalue weighted by Crippen LogP contribution is -2.42. The normalized spacial score (nSPS) is 12.5. The molecule has 4 heteroatoms. The van der Waals surface area contributed by atoms with Crippen LogP contribution in [0.2, 0.25) is 0 Å². The van der Waals surface area contributed by atoms with Gasteiger partial charge in [0.15, 0.2) is 0 Å². The van der Waals surface area contributed by atoms with Crippen molar-refractivity contribution in [1.29, 1.82) is 0 Å². The van der Waals surface area contributed by atoms with Gasteiger partial charge in [0.05, 0.1) is 0 Å². The molecule has 2 aromatic carbocycles. The Labute approximate surface area is 142 Å². The Kier molecular flexibility index (Phi) is 5.39. The van der Waals surface area contributed by atoms with E-state index in [9.17, 15) is 14.7 Å². The van der Waals surface area contributed by atoms with Crippen LogP contribution in [0.15, 0.2) is 54.6 Å². The number of aliphatic carboxylic acids is 1. The average Bonchev–Trinajstić information content (AvgIpc) is 2.54. The van der Waals surface area contributed by atoms with E-state index in [2.05, 4.69) is 26.1 Å². The predicted molar refractivity (Wildman–Crippen MR) is 94.2 cm³/mol. The molecule has 0 bridgehead atoms. The maximum Gasteiger partial charge on any atom is 0.326 e. The van der Waals surface area contributed by atoms with Crippen LogP contribution in [-0.2, 0) is 16.6 Å². The maximum atomic E-state index is 12.2. The third-order valence-electron chi connectivity index (χ3n) is 3.90. The lowest BCUT2D eigenvalue weighted by Gasteiger charge is -2.20. The third kappa shape index (κ3) is 4.69. The van der Waals surface area contributed by atoms with Crippen molar-refractivity contribution in [1.82, 2.24) is 5.32 Å². The van der Waals surface area contributed by atoms with E-state index in [1.54, 1.807) is 24.3 Å². The minimum atomic E-state index is -1.04. The van der Waals surface area contributed by atoms with Crippen molar-refractivity contribution in [3.05, 3.63) is 71.3 Å². The number of nitrogens with one attached hydrogen (secondary N) is 1. The number of rotatable bonds is 5. The molecule has 0 aliphatic carbocycles. The van der Waals surface area contributed by atoms with E-state index in [0.29, 0.717) is 5.56 Å². The molecule has 4 nitrogen and oxygen atoms in total. The average molecular weight is 325 g/mol. The van der Waals surface area contributed by atoms with Gasteiger partial charge in [-0.2, -0.15) is 0 Å². The van der Waals surface area contributed by atoms with E-state index in [0.717, 1.165) is 5.56 Å². The van der Waals surface area contributed by atoms with Gasteiger partial charge in [0.1, 0.15) is 6.04 Å². The number of hydrogen-bond acceptors (Lipinski definition) is 2. The molecule has 0 fully saturated rings. The molecule has 0 radical (unpaired) electrons. The van der Waals surface area contributed by atoms with Crippen LogP contribution < -0.4 is 5.32 Å². The fourth-order valence-electron chi connectivity index (χ4n) is 2.41. The summed E-state index contributed by atoms with van der Waals surface area (Å²) >= 11 is 0. The molecule has 2 N–H and O–H groups in total. The van der Waals surface area contributed by atoms with E-state index in [1.165, 1.54) is 5.56 Å². The van der Waals surface area contributed by atoms with Crippen LogP contribution in [0.5, 0.6) is 0 Å². The summed E-state index contributed by atoms with van der Waals surface area (Å²) in [6, 6.07) is 15.5. The fraction of sp³-hybridized carbons (Fsp3) is 0.300. The van der Waals surface area contributed by atoms with Gasteiger partial charge < -0.3 is 10.4 Å². The van der Waals surface area contributed by atoms with Crippen LogP contribution in [0.25, 0.3) is 0 Å². The minimum Gasteiger partial charge on any atom is -0.480 e. The van der Waals surface area contributed by atoms with Crippen LogP contribution >= 0.6 is 0 Å². The second-order valence-electron chi connectivity index (χ2n) is 6.88. The van der Waals surface area contributed by atoms with Crippen LogP contribution in [0.4, 0.5) is 0 Å². The van der Waals surface area contributed by atoms with Crippen LogP contribution in [0.1, 0.15) is 42.3 Å². The van der Waals surface area contributed by atoms with Crippen molar-refractivity contribution in [3.8, 4) is 0 Å². The summed E-state index contributed by atoms with van der Waals surface area (Å²) in [5, 5.41) is 12.0. The fourth-order valence-corrected chi connectivity index (χ4v) is 2.41. The predicted octanol–water partition coefficient (Wildman–Crippen LogP) is 3.41. The molecule has 2 rings (SSSR count). The maximum absolute atomic E-state index is 12.2. The summed E-state index contributed by atoms with van der Waals surface area (Å²) in [7, 11) is 0. The molecule has 0 heterocycles. The Morgan fingerprint density at radius 2 is 1.58 bits per heavy atom. The first-order valence-electron chi connectivity index (χ1n) is 7.95. The van der Waals surface area contributed by atoms with Gasteiger partial charge in [0.25, 0.3) is 5.91 Å². The van der Waals surface area contributed by atoms with Gasteiger partial charge in [-0.3, -0.25) is 4.79 Å². The molecule has 1 amide bonds. The van der Waals surface area contributed by atoms with Crippen LogP contribution in [0.3, 0.4) is 0 Å². The van der Waals surface area contributed by atoms with Crippen LogP contribution in [0, 0.1) is 0 Å². The molecule has 0 saturated carbocycles. The van der Waals surface area contributed by atoms with Gasteiger partial charge in [0.2, 0.25) is 0 Å². The molecule has 24 heavy (non-hydrogen) atoms. The largest absolute Gasteiger partial charge is 0.480 e. The number of hydrogen-bond donors (Lipinski definition) is 2. The van der Waals surface area contributed by atoms with Crippen molar-refractivity contribution >= 4 is 11.9 Å². The summed E-state index contributed by atoms with van der Waals surface area (Å²) in [6.45, 7) is 6.38. The summed E-state index contributed by atoms with van der Waals surface area (Å²) in [5.41, 5.74) is 2.56. The summed E-state index contributed by atoms with van der Waals surface area (Å²) < 4.78 is 0. The highest BCUT2D eigenvalue weighted by atomic mass is 16.4. The standard InChI is InChI=1S/C20H23NO3/c1-20(2,3)16-11-9-14(10-12-16)13-17(19(23)24)21-18(22)15-7-5-4-6-8-15/h4-12,17H,13H2,1-3H3,(H,21,22)(H,23,24)/t17-/m0/s1. The number of carbonyl (C=O) groups excluding carboxylic acids is 1. The van der Waals surface area contributed by atoms with Crippen molar-refractivity contribution < 1.29 is 14.7 Å². The first-order chi connectivity index (χ1) is 11.3. The highest BCUT2D eigenvalue weighted by Crippen LogP contribution is 2.22. The van der Waals surface area contributed by atoms with Gasteiger partial charge in [0, 0.05) is 12.0 Å². The first-order valence-corrected chi connectivity index (χ1v) is 7.95. The van der Waals surface area contributed by atoms with Crippen molar-refractivity contribution in [2.24, 2.45) is 0 Å². The molecule has 0 aliphatic rings. The van der Waals surface area contributed by atoms with E-state index in [4.69, 9.17) is 0 Å². The molecule has 2 aromatic rings. The van der Waals surface area contributed by atoms with Gasteiger partial charge >= 0.3 is 5.97 Å². The summed E-state index contributed by atoms with van der Waals surface area (Å²) in [6.07, 6.45) is 0.248. The number of carboxylic acids is 1. The molecule has 0 aliphatic heterocycles. The highest BCUT2D eigenvalue weighted by molar-refractivity contribution is 5.96. The molecule has 1 atom stereocenters. The molecule has 126 valence electrons. The molecule has 0 spiro atoms. The molecular formula is C20H23NO3. The van der Waals surface area contributed by atoms with E-state index >= 15 is 0 Å². The van der Waals surface area contributed by atoms with Gasteiger partial charge in [-0.05, 0) is 28.7 Å². The van der Waals surface area contributed by atoms with E-state index < -0.39 is 12.0 Å². The lowest BCUT2D eigenvalue weighted by atomic mass is 9.86. The van der Waals surface area contributed by atoms with E-state index in [-0.39, 0.29) is 17.7 Å². The molecule has 0 saturated heterocycles. The topological polar surface area (TPSA) is 66.4 Å². The number of benzene rings is 2. The second-order valence-corrected chi connectivity index (χ2v) is 6.88. The van der Waals surface area contributed by atoms with E-state index in [1.807, 2.05) is 30.3 Å². The first kappa shape index (κ1) is 17.7. The number of carboxylic acid groups (broad SMARTS) is 1. The van der Waals surface area contributed by atoms with Crippen molar-refractivity contribution in [2.45, 2.75) is 38.6 Å². The molecule has 0 unspecified atom stereocenters. The zero-order chi connectivity index (χ0) is 17.7. The quantitative estimate of drug-likeness (QED) is 0.885.